The summed E-state index contributed by atoms with van der Waals surface area (Å²) in [6.07, 6.45) is 3.59. The monoisotopic (exact) mass is 497 g/mol. The third kappa shape index (κ3) is 4.20. The first-order valence-corrected chi connectivity index (χ1v) is 11.6. The van der Waals surface area contributed by atoms with Crippen LogP contribution < -0.4 is 5.56 Å². The van der Waals surface area contributed by atoms with Crippen LogP contribution in [0.2, 0.25) is 10.0 Å². The van der Waals surface area contributed by atoms with Crippen molar-refractivity contribution in [1.82, 2.24) is 24.2 Å². The van der Waals surface area contributed by atoms with E-state index < -0.39 is 5.60 Å². The highest BCUT2D eigenvalue weighted by Crippen LogP contribution is 2.27. The topological polar surface area (TPSA) is 93.2 Å². The number of amides is 1. The minimum atomic E-state index is -1.14. The lowest BCUT2D eigenvalue weighted by atomic mass is 9.91. The van der Waals surface area contributed by atoms with Crippen molar-refractivity contribution >= 4 is 40.1 Å². The van der Waals surface area contributed by atoms with Gasteiger partial charge < -0.3 is 10.0 Å². The van der Waals surface area contributed by atoms with Crippen LogP contribution in [0.1, 0.15) is 23.2 Å². The van der Waals surface area contributed by atoms with E-state index in [0.717, 1.165) is 5.69 Å². The third-order valence-electron chi connectivity index (χ3n) is 6.17. The van der Waals surface area contributed by atoms with E-state index >= 15 is 0 Å². The maximum Gasteiger partial charge on any atom is 0.264 e. The molecule has 1 amide bonds. The number of rotatable bonds is 4. The Labute approximate surface area is 205 Å². The number of benzene rings is 2. The van der Waals surface area contributed by atoms with Crippen molar-refractivity contribution in [3.05, 3.63) is 87.0 Å². The lowest BCUT2D eigenvalue weighted by Gasteiger charge is -2.38. The number of aliphatic hydroxyl groups is 1. The number of nitrogens with zero attached hydrogens (tertiary/aromatic N) is 5. The molecule has 1 N–H and O–H groups in total. The van der Waals surface area contributed by atoms with Crippen LogP contribution in [0, 0.1) is 0 Å². The standard InChI is InChI=1S/C24H21Cl2N5O3/c25-19-7-6-16(12-20(19)26)22(32)29-10-8-24(34,9-11-29)14-30-15-27-21-18(23(30)33)13-28-31(21)17-4-2-1-3-5-17/h1-7,12-13,15,34H,8-11,14H2. The SMILES string of the molecule is O=C(c1ccc(Cl)c(Cl)c1)N1CCC(O)(Cn2cnc3c(cnn3-c3ccccc3)c2=O)CC1. The molecule has 0 radical (unpaired) electrons. The summed E-state index contributed by atoms with van der Waals surface area (Å²) in [5, 5.41) is 16.6. The summed E-state index contributed by atoms with van der Waals surface area (Å²) in [7, 11) is 0. The number of hydrogen-bond donors (Lipinski definition) is 1. The highest BCUT2D eigenvalue weighted by molar-refractivity contribution is 6.42. The summed E-state index contributed by atoms with van der Waals surface area (Å²) >= 11 is 12.0. The van der Waals surface area contributed by atoms with Gasteiger partial charge in [0.1, 0.15) is 11.7 Å². The number of carbonyl (C=O) groups excluding carboxylic acids is 1. The zero-order chi connectivity index (χ0) is 23.9. The van der Waals surface area contributed by atoms with Gasteiger partial charge in [0, 0.05) is 18.7 Å². The Balaban J connectivity index is 1.31. The Morgan fingerprint density at radius 2 is 1.79 bits per heavy atom. The summed E-state index contributed by atoms with van der Waals surface area (Å²) in [5.41, 5.74) is 0.306. The van der Waals surface area contributed by atoms with Crippen molar-refractivity contribution in [1.29, 1.82) is 0 Å². The van der Waals surface area contributed by atoms with Crippen LogP contribution in [0.15, 0.2) is 65.8 Å². The summed E-state index contributed by atoms with van der Waals surface area (Å²) in [4.78, 5) is 32.0. The predicted molar refractivity (Wildman–Crippen MR) is 130 cm³/mol. The molecule has 10 heteroatoms. The highest BCUT2D eigenvalue weighted by Gasteiger charge is 2.35. The van der Waals surface area contributed by atoms with Gasteiger partial charge in [-0.25, -0.2) is 9.67 Å². The highest BCUT2D eigenvalue weighted by atomic mass is 35.5. The van der Waals surface area contributed by atoms with Gasteiger partial charge in [-0.2, -0.15) is 5.10 Å². The number of para-hydroxylation sites is 1. The number of hydrogen-bond acceptors (Lipinski definition) is 5. The van der Waals surface area contributed by atoms with Gasteiger partial charge in [0.05, 0.1) is 34.1 Å². The first kappa shape index (κ1) is 22.6. The second-order valence-corrected chi connectivity index (χ2v) is 9.27. The molecule has 1 aliphatic rings. The summed E-state index contributed by atoms with van der Waals surface area (Å²) in [6.45, 7) is 0.790. The Kier molecular flexibility index (Phi) is 5.89. The van der Waals surface area contributed by atoms with Gasteiger partial charge in [-0.3, -0.25) is 14.2 Å². The van der Waals surface area contributed by atoms with Crippen molar-refractivity contribution in [2.45, 2.75) is 25.0 Å². The molecule has 1 aliphatic heterocycles. The van der Waals surface area contributed by atoms with E-state index in [9.17, 15) is 14.7 Å². The van der Waals surface area contributed by atoms with Gasteiger partial charge in [0.25, 0.3) is 11.5 Å². The molecule has 8 nitrogen and oxygen atoms in total. The zero-order valence-electron chi connectivity index (χ0n) is 18.1. The molecule has 174 valence electrons. The molecule has 0 aliphatic carbocycles. The number of piperidine rings is 1. The molecule has 0 atom stereocenters. The molecule has 3 heterocycles. The molecular formula is C24H21Cl2N5O3. The minimum absolute atomic E-state index is 0.0834. The first-order valence-electron chi connectivity index (χ1n) is 10.8. The third-order valence-corrected chi connectivity index (χ3v) is 6.91. The Hall–Kier alpha value is -3.20. The lowest BCUT2D eigenvalue weighted by molar-refractivity contribution is -0.0299. The maximum absolute atomic E-state index is 13.1. The van der Waals surface area contributed by atoms with E-state index in [4.69, 9.17) is 23.2 Å². The number of likely N-dealkylation sites (tertiary alicyclic amines) is 1. The van der Waals surface area contributed by atoms with Crippen molar-refractivity contribution in [2.75, 3.05) is 13.1 Å². The summed E-state index contributed by atoms with van der Waals surface area (Å²) in [6, 6.07) is 14.2. The van der Waals surface area contributed by atoms with Crippen molar-refractivity contribution in [3.8, 4) is 5.69 Å². The van der Waals surface area contributed by atoms with E-state index in [0.29, 0.717) is 52.6 Å². The van der Waals surface area contributed by atoms with Crippen molar-refractivity contribution in [3.63, 3.8) is 0 Å². The molecule has 1 saturated heterocycles. The van der Waals surface area contributed by atoms with Gasteiger partial charge >= 0.3 is 0 Å². The molecule has 2 aromatic heterocycles. The van der Waals surface area contributed by atoms with Gasteiger partial charge in [-0.15, -0.1) is 0 Å². The van der Waals surface area contributed by atoms with Gasteiger partial charge in [-0.05, 0) is 43.2 Å². The normalized spacial score (nSPS) is 15.6. The molecule has 34 heavy (non-hydrogen) atoms. The largest absolute Gasteiger partial charge is 0.388 e. The van der Waals surface area contributed by atoms with E-state index in [-0.39, 0.29) is 18.0 Å². The van der Waals surface area contributed by atoms with Gasteiger partial charge in [0.2, 0.25) is 0 Å². The lowest BCUT2D eigenvalue weighted by Crippen LogP contribution is -2.49. The van der Waals surface area contributed by atoms with Crippen molar-refractivity contribution in [2.24, 2.45) is 0 Å². The number of halogens is 2. The molecule has 0 bridgehead atoms. The van der Waals surface area contributed by atoms with E-state index in [1.807, 2.05) is 30.3 Å². The molecule has 0 unspecified atom stereocenters. The smallest absolute Gasteiger partial charge is 0.264 e. The molecule has 5 rings (SSSR count). The van der Waals surface area contributed by atoms with E-state index in [1.165, 1.54) is 17.1 Å². The van der Waals surface area contributed by atoms with Crippen LogP contribution in [0.25, 0.3) is 16.7 Å². The predicted octanol–water partition coefficient (Wildman–Crippen LogP) is 3.56. The van der Waals surface area contributed by atoms with Gasteiger partial charge in [0.15, 0.2) is 5.65 Å². The van der Waals surface area contributed by atoms with Crippen LogP contribution >= 0.6 is 23.2 Å². The quantitative estimate of drug-likeness (QED) is 0.465. The van der Waals surface area contributed by atoms with Crippen molar-refractivity contribution < 1.29 is 9.90 Å². The minimum Gasteiger partial charge on any atom is -0.388 e. The fourth-order valence-corrected chi connectivity index (χ4v) is 4.53. The average Bonchev–Trinajstić information content (AvgIpc) is 3.28. The van der Waals surface area contributed by atoms with Gasteiger partial charge in [-0.1, -0.05) is 41.4 Å². The number of fused-ring (bicyclic) bond motifs is 1. The number of aromatic nitrogens is 4. The number of carbonyl (C=O) groups is 1. The first-order chi connectivity index (χ1) is 16.3. The summed E-state index contributed by atoms with van der Waals surface area (Å²) in [5.74, 6) is -0.172. The second-order valence-electron chi connectivity index (χ2n) is 8.45. The molecular weight excluding hydrogens is 477 g/mol. The summed E-state index contributed by atoms with van der Waals surface area (Å²) < 4.78 is 3.03. The fourth-order valence-electron chi connectivity index (χ4n) is 4.23. The van der Waals surface area contributed by atoms with E-state index in [2.05, 4.69) is 10.1 Å². The van der Waals surface area contributed by atoms with Crippen LogP contribution in [0.3, 0.4) is 0 Å². The van der Waals surface area contributed by atoms with Crippen LogP contribution in [-0.4, -0.2) is 53.9 Å². The fraction of sp³-hybridized carbons (Fsp3) is 0.250. The Bertz CT molecular complexity index is 1430. The molecule has 1 fully saturated rings. The van der Waals surface area contributed by atoms with Crippen LogP contribution in [0.5, 0.6) is 0 Å². The van der Waals surface area contributed by atoms with Crippen LogP contribution in [0.4, 0.5) is 0 Å². The van der Waals surface area contributed by atoms with Crippen LogP contribution in [-0.2, 0) is 6.54 Å². The Morgan fingerprint density at radius 1 is 1.06 bits per heavy atom. The molecule has 4 aromatic rings. The molecule has 2 aromatic carbocycles. The Morgan fingerprint density at radius 3 is 2.50 bits per heavy atom. The maximum atomic E-state index is 13.1. The molecule has 0 saturated carbocycles. The second kappa shape index (κ2) is 8.87. The average molecular weight is 498 g/mol. The zero-order valence-corrected chi connectivity index (χ0v) is 19.6. The molecule has 0 spiro atoms. The van der Waals surface area contributed by atoms with E-state index in [1.54, 1.807) is 27.8 Å².